The summed E-state index contributed by atoms with van der Waals surface area (Å²) in [6.45, 7) is 5.57. The number of ether oxygens (including phenoxy) is 1. The first-order valence-electron chi connectivity index (χ1n) is 11.5. The van der Waals surface area contributed by atoms with Crippen molar-refractivity contribution in [3.8, 4) is 17.0 Å². The van der Waals surface area contributed by atoms with Crippen LogP contribution in [0.15, 0.2) is 42.7 Å². The molecule has 1 fully saturated rings. The lowest BCUT2D eigenvalue weighted by atomic mass is 9.82. The maximum atomic E-state index is 13.1. The second kappa shape index (κ2) is 8.38. The minimum atomic E-state index is -4.88. The molecule has 0 unspecified atom stereocenters. The number of hydrogen-bond acceptors (Lipinski definition) is 6. The number of urea groups is 1. The molecule has 0 radical (unpaired) electrons. The van der Waals surface area contributed by atoms with E-state index in [1.165, 1.54) is 12.3 Å². The van der Waals surface area contributed by atoms with Gasteiger partial charge in [-0.25, -0.2) is 9.78 Å². The number of likely N-dealkylation sites (tertiary alicyclic amines) is 1. The molecular weight excluding hydrogens is 475 g/mol. The molecule has 190 valence electrons. The smallest absolute Gasteiger partial charge is 0.402 e. The summed E-state index contributed by atoms with van der Waals surface area (Å²) in [6.07, 6.45) is -0.228. The molecule has 1 spiro atoms. The molecule has 3 aromatic rings. The zero-order chi connectivity index (χ0) is 25.7. The third-order valence-electron chi connectivity index (χ3n) is 6.89. The first-order valence-corrected chi connectivity index (χ1v) is 11.5. The van der Waals surface area contributed by atoms with Gasteiger partial charge in [-0.1, -0.05) is 6.07 Å². The van der Waals surface area contributed by atoms with E-state index in [9.17, 15) is 18.0 Å². The van der Waals surface area contributed by atoms with E-state index in [2.05, 4.69) is 25.1 Å². The molecule has 9 nitrogen and oxygen atoms in total. The Labute approximate surface area is 205 Å². The van der Waals surface area contributed by atoms with Gasteiger partial charge in [0.1, 0.15) is 0 Å². The number of aromatic nitrogens is 4. The zero-order valence-corrected chi connectivity index (χ0v) is 19.8. The molecule has 5 rings (SSSR count). The van der Waals surface area contributed by atoms with Crippen LogP contribution >= 0.6 is 0 Å². The molecule has 36 heavy (non-hydrogen) atoms. The maximum Gasteiger partial charge on any atom is 0.573 e. The number of nitrogen functional groups attached to an aromatic ring is 1. The van der Waals surface area contributed by atoms with Crippen LogP contribution in [0, 0.1) is 0 Å². The summed E-state index contributed by atoms with van der Waals surface area (Å²) in [7, 11) is 0. The number of amides is 2. The molecule has 5 heterocycles. The zero-order valence-electron chi connectivity index (χ0n) is 19.8. The molecule has 3 N–H and O–H groups in total. The summed E-state index contributed by atoms with van der Waals surface area (Å²) in [5.74, 6) is -0.924. The second-order valence-electron chi connectivity index (χ2n) is 9.77. The number of rotatable bonds is 4. The van der Waals surface area contributed by atoms with Gasteiger partial charge in [0.25, 0.3) is 0 Å². The number of anilines is 1. The van der Waals surface area contributed by atoms with Crippen LogP contribution in [-0.2, 0) is 17.5 Å². The van der Waals surface area contributed by atoms with Crippen molar-refractivity contribution in [1.82, 2.24) is 30.0 Å². The number of pyridine rings is 2. The molecule has 1 atom stereocenters. The third kappa shape index (κ3) is 4.42. The van der Waals surface area contributed by atoms with Crippen molar-refractivity contribution >= 4 is 11.8 Å². The number of fused-ring (bicyclic) bond motifs is 2. The van der Waals surface area contributed by atoms with Gasteiger partial charge in [-0.15, -0.1) is 13.2 Å². The summed E-state index contributed by atoms with van der Waals surface area (Å²) in [5, 5.41) is 7.67. The van der Waals surface area contributed by atoms with Gasteiger partial charge in [-0.05, 0) is 51.0 Å². The molecule has 0 saturated carbocycles. The van der Waals surface area contributed by atoms with Crippen molar-refractivity contribution < 1.29 is 22.7 Å². The third-order valence-corrected chi connectivity index (χ3v) is 6.89. The van der Waals surface area contributed by atoms with Gasteiger partial charge in [0.2, 0.25) is 0 Å². The van der Waals surface area contributed by atoms with E-state index in [4.69, 9.17) is 5.73 Å². The van der Waals surface area contributed by atoms with E-state index < -0.39 is 17.7 Å². The molecule has 2 amide bonds. The minimum absolute atomic E-state index is 0.169. The Kier molecular flexibility index (Phi) is 5.56. The Hall–Kier alpha value is -3.83. The fourth-order valence-electron chi connectivity index (χ4n) is 5.01. The number of hydrogen-bond donors (Lipinski definition) is 2. The molecule has 12 heteroatoms. The Morgan fingerprint density at radius 3 is 2.67 bits per heavy atom. The Morgan fingerprint density at radius 2 is 1.94 bits per heavy atom. The van der Waals surface area contributed by atoms with Gasteiger partial charge in [-0.3, -0.25) is 9.67 Å². The van der Waals surface area contributed by atoms with Crippen LogP contribution < -0.4 is 15.8 Å². The lowest BCUT2D eigenvalue weighted by molar-refractivity contribution is -0.274. The summed E-state index contributed by atoms with van der Waals surface area (Å²) in [4.78, 5) is 23.1. The minimum Gasteiger partial charge on any atom is -0.402 e. The number of nitrogens with two attached hydrogens (primary N) is 1. The highest BCUT2D eigenvalue weighted by molar-refractivity contribution is 5.76. The number of aryl methyl sites for hydroxylation is 1. The van der Waals surface area contributed by atoms with Crippen LogP contribution in [0.5, 0.6) is 5.75 Å². The highest BCUT2D eigenvalue weighted by atomic mass is 19.4. The van der Waals surface area contributed by atoms with Gasteiger partial charge < -0.3 is 20.7 Å². The van der Waals surface area contributed by atoms with Crippen molar-refractivity contribution in [1.29, 1.82) is 0 Å². The quantitative estimate of drug-likeness (QED) is 0.563. The summed E-state index contributed by atoms with van der Waals surface area (Å²) in [5.41, 5.74) is 7.20. The summed E-state index contributed by atoms with van der Waals surface area (Å²) >= 11 is 0. The van der Waals surface area contributed by atoms with Crippen LogP contribution in [0.4, 0.5) is 23.8 Å². The highest BCUT2D eigenvalue weighted by Gasteiger charge is 2.47. The predicted molar refractivity (Wildman–Crippen MR) is 125 cm³/mol. The van der Waals surface area contributed by atoms with Crippen LogP contribution in [0.1, 0.15) is 38.1 Å². The van der Waals surface area contributed by atoms with Crippen molar-refractivity contribution in [2.45, 2.75) is 50.6 Å². The van der Waals surface area contributed by atoms with E-state index in [1.54, 1.807) is 11.1 Å². The normalized spacial score (nSPS) is 19.5. The van der Waals surface area contributed by atoms with Crippen LogP contribution in [0.3, 0.4) is 0 Å². The topological polar surface area (TPSA) is 111 Å². The average molecular weight is 502 g/mol. The van der Waals surface area contributed by atoms with Crippen LogP contribution in [0.25, 0.3) is 11.3 Å². The van der Waals surface area contributed by atoms with Gasteiger partial charge in [0.15, 0.2) is 11.6 Å². The first kappa shape index (κ1) is 23.9. The summed E-state index contributed by atoms with van der Waals surface area (Å²) in [6, 6.07) is 8.46. The molecule has 0 aliphatic carbocycles. The molecule has 0 bridgehead atoms. The van der Waals surface area contributed by atoms with Gasteiger partial charge >= 0.3 is 12.4 Å². The van der Waals surface area contributed by atoms with Gasteiger partial charge in [-0.2, -0.15) is 5.10 Å². The van der Waals surface area contributed by atoms with Gasteiger partial charge in [0, 0.05) is 48.7 Å². The number of nitrogens with one attached hydrogen (secondary N) is 1. The fraction of sp³-hybridized carbons (Fsp3) is 0.417. The monoisotopic (exact) mass is 501 g/mol. The fourth-order valence-corrected chi connectivity index (χ4v) is 5.01. The predicted octanol–water partition coefficient (Wildman–Crippen LogP) is 3.81. The highest BCUT2D eigenvalue weighted by Crippen LogP contribution is 2.44. The lowest BCUT2D eigenvalue weighted by Gasteiger charge is -2.30. The molecule has 2 aliphatic heterocycles. The Balaban J connectivity index is 1.34. The summed E-state index contributed by atoms with van der Waals surface area (Å²) < 4.78 is 44.0. The number of halogens is 3. The number of carbonyl (C=O) groups excluding carboxylic acids is 1. The Bertz CT molecular complexity index is 1290. The molecular formula is C24H26F3N7O2. The van der Waals surface area contributed by atoms with Crippen molar-refractivity contribution in [2.24, 2.45) is 0 Å². The lowest BCUT2D eigenvalue weighted by Crippen LogP contribution is -2.48. The van der Waals surface area contributed by atoms with E-state index in [1.807, 2.05) is 42.8 Å². The molecule has 1 saturated heterocycles. The standard InChI is InChI=1S/C24H26F3N7O2/c1-22(2,18-5-3-4-8-29-18)31-21(35)33-9-6-23(14-33)7-10-34-19(23)12-16(32-34)15-11-17(20(28)30-13-15)36-24(25,26)27/h3-5,8,11-13H,6-7,9-10,14H2,1-2H3,(H2,28,30)(H,31,35)/t23-/m1/s1. The SMILES string of the molecule is CC(C)(NC(=O)N1CC[C@@]2(CCn3nc(-c4cnc(N)c(OC(F)(F)F)c4)cc32)C1)c1ccccn1. The number of alkyl halides is 3. The van der Waals surface area contributed by atoms with E-state index in [-0.39, 0.29) is 17.3 Å². The van der Waals surface area contributed by atoms with Crippen molar-refractivity contribution in [3.63, 3.8) is 0 Å². The number of carbonyl (C=O) groups is 1. The Morgan fingerprint density at radius 1 is 1.17 bits per heavy atom. The number of nitrogens with zero attached hydrogens (tertiary/aromatic N) is 5. The van der Waals surface area contributed by atoms with E-state index in [0.717, 1.165) is 24.2 Å². The van der Waals surface area contributed by atoms with Crippen LogP contribution in [-0.4, -0.2) is 50.1 Å². The first-order chi connectivity index (χ1) is 17.0. The van der Waals surface area contributed by atoms with Crippen molar-refractivity contribution in [2.75, 3.05) is 18.8 Å². The van der Waals surface area contributed by atoms with Crippen molar-refractivity contribution in [3.05, 3.63) is 54.1 Å². The molecule has 3 aromatic heterocycles. The van der Waals surface area contributed by atoms with E-state index in [0.29, 0.717) is 30.9 Å². The maximum absolute atomic E-state index is 13.1. The largest absolute Gasteiger partial charge is 0.573 e. The second-order valence-corrected chi connectivity index (χ2v) is 9.77. The van der Waals surface area contributed by atoms with Crippen LogP contribution in [0.2, 0.25) is 0 Å². The molecule has 0 aromatic carbocycles. The average Bonchev–Trinajstić information content (AvgIpc) is 3.52. The molecule has 2 aliphatic rings. The van der Waals surface area contributed by atoms with E-state index >= 15 is 0 Å². The van der Waals surface area contributed by atoms with Gasteiger partial charge in [0.05, 0.1) is 16.9 Å².